The summed E-state index contributed by atoms with van der Waals surface area (Å²) in [5, 5.41) is 12.3. The SMILES string of the molecule is NC(N)=NCCCC[C@H](CC(=O)c1csc([C@@H]2C[C@@H](N)CN2C(=O)c2cn3cc(Cl)ccc3n2)n1)C(=O)O. The standard InChI is InChI=1S/C24H29ClN8O4S/c25-14-4-5-20-30-16(11-32(20)9-14)22(35)33-10-15(26)8-18(33)21-31-17(12-38-21)19(34)7-13(23(36)37)3-1-2-6-29-24(27)28/h4-5,9,11-13,15,18H,1-3,6-8,10,26H2,(H,36,37)(H4,27,28,29)/t13-,15-,18+/m1/s1. The van der Waals surface area contributed by atoms with Crippen molar-refractivity contribution in [2.45, 2.75) is 44.2 Å². The highest BCUT2D eigenvalue weighted by atomic mass is 35.5. The van der Waals surface area contributed by atoms with E-state index in [-0.39, 0.29) is 41.5 Å². The zero-order valence-corrected chi connectivity index (χ0v) is 22.1. The number of likely N-dealkylation sites (tertiary alicyclic amines) is 1. The number of Topliss-reactive ketones (excluding diaryl/α,β-unsaturated/α-hetero) is 1. The number of unbranched alkanes of at least 4 members (excludes halogenated alkanes) is 1. The summed E-state index contributed by atoms with van der Waals surface area (Å²) in [6.45, 7) is 0.724. The fourth-order valence-corrected chi connectivity index (χ4v) is 5.58. The number of pyridine rings is 1. The minimum atomic E-state index is -1.04. The minimum absolute atomic E-state index is 0.0129. The largest absolute Gasteiger partial charge is 0.481 e. The molecule has 0 spiro atoms. The van der Waals surface area contributed by atoms with Gasteiger partial charge in [0.2, 0.25) is 0 Å². The van der Waals surface area contributed by atoms with Gasteiger partial charge in [-0.3, -0.25) is 19.4 Å². The maximum absolute atomic E-state index is 13.4. The van der Waals surface area contributed by atoms with Crippen molar-refractivity contribution in [3.8, 4) is 0 Å². The first-order valence-electron chi connectivity index (χ1n) is 12.1. The summed E-state index contributed by atoms with van der Waals surface area (Å²) in [5.74, 6) is -2.55. The first-order chi connectivity index (χ1) is 18.1. The van der Waals surface area contributed by atoms with Crippen molar-refractivity contribution in [1.29, 1.82) is 0 Å². The summed E-state index contributed by atoms with van der Waals surface area (Å²) in [4.78, 5) is 52.4. The lowest BCUT2D eigenvalue weighted by Crippen LogP contribution is -2.33. The van der Waals surface area contributed by atoms with Gasteiger partial charge in [0, 0.05) is 43.3 Å². The van der Waals surface area contributed by atoms with Crippen LogP contribution < -0.4 is 17.2 Å². The van der Waals surface area contributed by atoms with E-state index < -0.39 is 17.9 Å². The summed E-state index contributed by atoms with van der Waals surface area (Å²) >= 11 is 7.29. The highest BCUT2D eigenvalue weighted by Crippen LogP contribution is 2.35. The van der Waals surface area contributed by atoms with Crippen molar-refractivity contribution in [2.75, 3.05) is 13.1 Å². The number of fused-ring (bicyclic) bond motifs is 1. The summed E-state index contributed by atoms with van der Waals surface area (Å²) in [7, 11) is 0. The molecule has 38 heavy (non-hydrogen) atoms. The number of hydrogen-bond acceptors (Lipinski definition) is 8. The summed E-state index contributed by atoms with van der Waals surface area (Å²) < 4.78 is 1.68. The molecular formula is C24H29ClN8O4S. The second kappa shape index (κ2) is 11.9. The molecule has 4 heterocycles. The van der Waals surface area contributed by atoms with Crippen molar-refractivity contribution in [1.82, 2.24) is 19.3 Å². The lowest BCUT2D eigenvalue weighted by molar-refractivity contribution is -0.141. The number of carboxylic acid groups (broad SMARTS) is 1. The molecule has 1 amide bonds. The molecule has 12 nitrogen and oxygen atoms in total. The molecule has 0 aliphatic carbocycles. The number of aliphatic carboxylic acids is 1. The average Bonchev–Trinajstić information content (AvgIpc) is 3.59. The molecule has 202 valence electrons. The number of aliphatic imine (C=N–C) groups is 1. The highest BCUT2D eigenvalue weighted by molar-refractivity contribution is 7.09. The van der Waals surface area contributed by atoms with Gasteiger partial charge in [-0.2, -0.15) is 0 Å². The van der Waals surface area contributed by atoms with Crippen molar-refractivity contribution in [3.63, 3.8) is 0 Å². The highest BCUT2D eigenvalue weighted by Gasteiger charge is 2.38. The Labute approximate surface area is 227 Å². The zero-order valence-electron chi connectivity index (χ0n) is 20.5. The quantitative estimate of drug-likeness (QED) is 0.117. The Balaban J connectivity index is 1.43. The maximum Gasteiger partial charge on any atom is 0.306 e. The topological polar surface area (TPSA) is 195 Å². The van der Waals surface area contributed by atoms with Gasteiger partial charge < -0.3 is 31.6 Å². The van der Waals surface area contributed by atoms with Gasteiger partial charge in [-0.25, -0.2) is 9.97 Å². The van der Waals surface area contributed by atoms with Crippen molar-refractivity contribution in [2.24, 2.45) is 28.1 Å². The average molecular weight is 561 g/mol. The van der Waals surface area contributed by atoms with Gasteiger partial charge in [-0.15, -0.1) is 11.3 Å². The smallest absolute Gasteiger partial charge is 0.306 e. The number of carbonyl (C=O) groups excluding carboxylic acids is 2. The van der Waals surface area contributed by atoms with E-state index in [2.05, 4.69) is 15.0 Å². The number of aromatic nitrogens is 3. The third-order valence-corrected chi connectivity index (χ3v) is 7.53. The molecule has 3 aromatic heterocycles. The Morgan fingerprint density at radius 1 is 1.18 bits per heavy atom. The van der Waals surface area contributed by atoms with Crippen molar-refractivity contribution < 1.29 is 19.5 Å². The number of rotatable bonds is 11. The first kappa shape index (κ1) is 27.5. The molecule has 0 bridgehead atoms. The van der Waals surface area contributed by atoms with Gasteiger partial charge in [0.05, 0.1) is 17.0 Å². The number of thiazole rings is 1. The number of halogens is 1. The van der Waals surface area contributed by atoms with Crippen LogP contribution in [0.25, 0.3) is 5.65 Å². The van der Waals surface area contributed by atoms with Gasteiger partial charge in [-0.05, 0) is 31.4 Å². The molecule has 0 saturated carbocycles. The molecule has 1 aliphatic heterocycles. The molecule has 0 aromatic carbocycles. The van der Waals surface area contributed by atoms with E-state index in [0.29, 0.717) is 54.5 Å². The predicted octanol–water partition coefficient (Wildman–Crippen LogP) is 2.08. The number of carbonyl (C=O) groups is 3. The monoisotopic (exact) mass is 560 g/mol. The number of ketones is 1. The molecule has 7 N–H and O–H groups in total. The van der Waals surface area contributed by atoms with Gasteiger partial charge >= 0.3 is 5.97 Å². The second-order valence-electron chi connectivity index (χ2n) is 9.24. The number of amides is 1. The van der Waals surface area contributed by atoms with Crippen LogP contribution in [0, 0.1) is 5.92 Å². The van der Waals surface area contributed by atoms with Crippen LogP contribution in [-0.2, 0) is 4.79 Å². The van der Waals surface area contributed by atoms with Gasteiger partial charge in [0.1, 0.15) is 22.0 Å². The normalized spacial score (nSPS) is 18.0. The molecule has 1 fully saturated rings. The summed E-state index contributed by atoms with van der Waals surface area (Å²) in [6, 6.07) is 2.75. The second-order valence-corrected chi connectivity index (χ2v) is 10.6. The Morgan fingerprint density at radius 2 is 1.97 bits per heavy atom. The van der Waals surface area contributed by atoms with E-state index in [1.165, 1.54) is 11.3 Å². The molecular weight excluding hydrogens is 532 g/mol. The third kappa shape index (κ3) is 6.47. The van der Waals surface area contributed by atoms with E-state index in [1.54, 1.807) is 39.2 Å². The molecule has 4 rings (SSSR count). The third-order valence-electron chi connectivity index (χ3n) is 6.36. The van der Waals surface area contributed by atoms with Crippen molar-refractivity contribution >= 4 is 52.2 Å². The van der Waals surface area contributed by atoms with Crippen LogP contribution in [0.2, 0.25) is 5.02 Å². The summed E-state index contributed by atoms with van der Waals surface area (Å²) in [5.41, 5.74) is 17.8. The number of imidazole rings is 1. The lowest BCUT2D eigenvalue weighted by Gasteiger charge is -2.21. The van der Waals surface area contributed by atoms with Crippen LogP contribution >= 0.6 is 22.9 Å². The van der Waals surface area contributed by atoms with Crippen LogP contribution in [0.15, 0.2) is 34.9 Å². The molecule has 3 atom stereocenters. The molecule has 0 unspecified atom stereocenters. The molecule has 0 radical (unpaired) electrons. The van der Waals surface area contributed by atoms with Crippen LogP contribution in [0.1, 0.15) is 64.1 Å². The number of nitrogens with zero attached hydrogens (tertiary/aromatic N) is 5. The van der Waals surface area contributed by atoms with E-state index in [1.807, 2.05) is 0 Å². The van der Waals surface area contributed by atoms with Crippen LogP contribution in [0.5, 0.6) is 0 Å². The minimum Gasteiger partial charge on any atom is -0.481 e. The lowest BCUT2D eigenvalue weighted by atomic mass is 9.95. The van der Waals surface area contributed by atoms with E-state index >= 15 is 0 Å². The molecule has 3 aromatic rings. The zero-order chi connectivity index (χ0) is 27.4. The molecule has 1 saturated heterocycles. The van der Waals surface area contributed by atoms with Crippen LogP contribution in [0.4, 0.5) is 0 Å². The summed E-state index contributed by atoms with van der Waals surface area (Å²) in [6.07, 6.45) is 5.10. The van der Waals surface area contributed by atoms with E-state index in [0.717, 1.165) is 0 Å². The number of carboxylic acids is 1. The van der Waals surface area contributed by atoms with Gasteiger partial charge in [0.15, 0.2) is 11.7 Å². The molecule has 1 aliphatic rings. The fourth-order valence-electron chi connectivity index (χ4n) is 4.46. The first-order valence-corrected chi connectivity index (χ1v) is 13.4. The van der Waals surface area contributed by atoms with E-state index in [9.17, 15) is 19.5 Å². The number of nitrogens with two attached hydrogens (primary N) is 3. The van der Waals surface area contributed by atoms with Crippen LogP contribution in [0.3, 0.4) is 0 Å². The Hall–Kier alpha value is -3.55. The fraction of sp³-hybridized carbons (Fsp3) is 0.417. The van der Waals surface area contributed by atoms with Crippen LogP contribution in [-0.4, -0.2) is 67.1 Å². The van der Waals surface area contributed by atoms with E-state index in [4.69, 9.17) is 28.8 Å². The predicted molar refractivity (Wildman–Crippen MR) is 143 cm³/mol. The molecule has 14 heteroatoms. The maximum atomic E-state index is 13.4. The Bertz CT molecular complexity index is 1370. The number of hydrogen-bond donors (Lipinski definition) is 4. The Morgan fingerprint density at radius 3 is 2.71 bits per heavy atom. The van der Waals surface area contributed by atoms with Crippen molar-refractivity contribution in [3.05, 3.63) is 51.3 Å². The van der Waals surface area contributed by atoms with Gasteiger partial charge in [0.25, 0.3) is 5.91 Å². The Kier molecular flexibility index (Phi) is 8.59. The van der Waals surface area contributed by atoms with Gasteiger partial charge in [-0.1, -0.05) is 18.0 Å². The number of guanidine groups is 1.